The SMILES string of the molecule is CCc1nc(-c2cccc3c(-c4ccc(C(=O)OC)nc4)ncn23)c2n1C(C(C)(C)C)CN=C2. The second kappa shape index (κ2) is 8.20. The first-order valence-corrected chi connectivity index (χ1v) is 11.5. The quantitative estimate of drug-likeness (QED) is 0.418. The highest BCUT2D eigenvalue weighted by atomic mass is 16.5. The number of rotatable bonds is 4. The van der Waals surface area contributed by atoms with Gasteiger partial charge in [-0.2, -0.15) is 0 Å². The summed E-state index contributed by atoms with van der Waals surface area (Å²) < 4.78 is 9.17. The largest absolute Gasteiger partial charge is 0.464 e. The van der Waals surface area contributed by atoms with Crippen LogP contribution in [0.3, 0.4) is 0 Å². The minimum atomic E-state index is -0.463. The van der Waals surface area contributed by atoms with E-state index in [0.29, 0.717) is 0 Å². The number of aryl methyl sites for hydroxylation is 1. The summed E-state index contributed by atoms with van der Waals surface area (Å²) in [5.74, 6) is 0.603. The van der Waals surface area contributed by atoms with Gasteiger partial charge in [0.15, 0.2) is 0 Å². The average molecular weight is 457 g/mol. The summed E-state index contributed by atoms with van der Waals surface area (Å²) in [4.78, 5) is 30.4. The van der Waals surface area contributed by atoms with Gasteiger partial charge in [0.2, 0.25) is 0 Å². The van der Waals surface area contributed by atoms with Crippen LogP contribution in [0, 0.1) is 5.41 Å². The minimum Gasteiger partial charge on any atom is -0.464 e. The number of pyridine rings is 2. The zero-order valence-corrected chi connectivity index (χ0v) is 20.1. The normalized spacial score (nSPS) is 15.5. The van der Waals surface area contributed by atoms with Crippen LogP contribution in [0.15, 0.2) is 47.8 Å². The maximum Gasteiger partial charge on any atom is 0.356 e. The Morgan fingerprint density at radius 2 is 1.97 bits per heavy atom. The molecule has 1 atom stereocenters. The van der Waals surface area contributed by atoms with Crippen LogP contribution in [0.1, 0.15) is 55.7 Å². The van der Waals surface area contributed by atoms with E-state index in [2.05, 4.69) is 52.7 Å². The third kappa shape index (κ3) is 3.50. The van der Waals surface area contributed by atoms with Crippen molar-refractivity contribution in [2.75, 3.05) is 13.7 Å². The molecular formula is C26H28N6O2. The molecule has 0 radical (unpaired) electrons. The highest BCUT2D eigenvalue weighted by Crippen LogP contribution is 2.38. The second-order valence-electron chi connectivity index (χ2n) is 9.54. The Hall–Kier alpha value is -3.81. The zero-order chi connectivity index (χ0) is 24.0. The van der Waals surface area contributed by atoms with E-state index in [1.165, 1.54) is 7.11 Å². The molecule has 34 heavy (non-hydrogen) atoms. The van der Waals surface area contributed by atoms with Crippen LogP contribution in [0.4, 0.5) is 0 Å². The van der Waals surface area contributed by atoms with E-state index in [-0.39, 0.29) is 17.2 Å². The summed E-state index contributed by atoms with van der Waals surface area (Å²) >= 11 is 0. The van der Waals surface area contributed by atoms with Crippen LogP contribution in [0.25, 0.3) is 28.2 Å². The number of ether oxygens (including phenoxy) is 1. The van der Waals surface area contributed by atoms with Crippen molar-refractivity contribution in [3.8, 4) is 22.6 Å². The first-order chi connectivity index (χ1) is 16.3. The summed E-state index contributed by atoms with van der Waals surface area (Å²) in [6.07, 6.45) is 6.26. The smallest absolute Gasteiger partial charge is 0.356 e. The molecule has 5 heterocycles. The molecule has 0 bridgehead atoms. The molecule has 0 amide bonds. The van der Waals surface area contributed by atoms with Gasteiger partial charge in [-0.15, -0.1) is 0 Å². The Morgan fingerprint density at radius 1 is 1.15 bits per heavy atom. The molecule has 8 heteroatoms. The summed E-state index contributed by atoms with van der Waals surface area (Å²) in [5, 5.41) is 0. The van der Waals surface area contributed by atoms with Gasteiger partial charge in [-0.3, -0.25) is 9.39 Å². The number of nitrogens with zero attached hydrogens (tertiary/aromatic N) is 6. The maximum atomic E-state index is 11.7. The number of carbonyl (C=O) groups is 1. The summed E-state index contributed by atoms with van der Waals surface area (Å²) in [7, 11) is 1.34. The standard InChI is InChI=1S/C26H28N6O2/c1-6-22-30-24(20-13-27-14-21(32(20)22)26(2,3)4)19-9-7-8-18-23(29-15-31(18)19)16-10-11-17(28-12-16)25(33)34-5/h7-13,15,21H,6,14H2,1-5H3. The van der Waals surface area contributed by atoms with Gasteiger partial charge in [0, 0.05) is 24.4 Å². The number of hydrogen-bond donors (Lipinski definition) is 0. The lowest BCUT2D eigenvalue weighted by molar-refractivity contribution is 0.0594. The fraction of sp³-hybridized carbons (Fsp3) is 0.346. The first kappa shape index (κ1) is 22.0. The number of fused-ring (bicyclic) bond motifs is 2. The Balaban J connectivity index is 1.64. The molecule has 0 fully saturated rings. The van der Waals surface area contributed by atoms with Crippen molar-refractivity contribution in [1.82, 2.24) is 23.9 Å². The van der Waals surface area contributed by atoms with Gasteiger partial charge in [0.1, 0.15) is 23.5 Å². The van der Waals surface area contributed by atoms with Crippen molar-refractivity contribution in [3.63, 3.8) is 0 Å². The predicted octanol–water partition coefficient (Wildman–Crippen LogP) is 4.63. The first-order valence-electron chi connectivity index (χ1n) is 11.5. The summed E-state index contributed by atoms with van der Waals surface area (Å²) in [5.41, 5.74) is 5.77. The summed E-state index contributed by atoms with van der Waals surface area (Å²) in [6, 6.07) is 9.84. The third-order valence-corrected chi connectivity index (χ3v) is 6.39. The molecule has 0 N–H and O–H groups in total. The second-order valence-corrected chi connectivity index (χ2v) is 9.54. The monoisotopic (exact) mass is 456 g/mol. The number of imidazole rings is 2. The van der Waals surface area contributed by atoms with Crippen molar-refractivity contribution in [1.29, 1.82) is 0 Å². The number of esters is 1. The lowest BCUT2D eigenvalue weighted by Crippen LogP contribution is -2.31. The number of methoxy groups -OCH3 is 1. The highest BCUT2D eigenvalue weighted by molar-refractivity contribution is 5.90. The average Bonchev–Trinajstić information content (AvgIpc) is 3.44. The molecular weight excluding hydrogens is 428 g/mol. The topological polar surface area (TPSA) is 86.7 Å². The van der Waals surface area contributed by atoms with Crippen LogP contribution < -0.4 is 0 Å². The van der Waals surface area contributed by atoms with Crippen LogP contribution in [-0.4, -0.2) is 49.8 Å². The molecule has 1 aliphatic heterocycles. The molecule has 0 aliphatic carbocycles. The van der Waals surface area contributed by atoms with E-state index < -0.39 is 5.97 Å². The maximum absolute atomic E-state index is 11.7. The Kier molecular flexibility index (Phi) is 5.31. The van der Waals surface area contributed by atoms with Crippen LogP contribution in [-0.2, 0) is 11.2 Å². The van der Waals surface area contributed by atoms with Gasteiger partial charge in [-0.05, 0) is 29.7 Å². The zero-order valence-electron chi connectivity index (χ0n) is 20.1. The van der Waals surface area contributed by atoms with E-state index in [1.54, 1.807) is 12.3 Å². The molecule has 0 aromatic carbocycles. The van der Waals surface area contributed by atoms with Crippen LogP contribution >= 0.6 is 0 Å². The molecule has 4 aromatic heterocycles. The van der Waals surface area contributed by atoms with E-state index in [0.717, 1.165) is 52.6 Å². The van der Waals surface area contributed by atoms with Gasteiger partial charge < -0.3 is 9.30 Å². The lowest BCUT2D eigenvalue weighted by Gasteiger charge is -2.34. The number of hydrogen-bond acceptors (Lipinski definition) is 6. The van der Waals surface area contributed by atoms with Crippen molar-refractivity contribution >= 4 is 17.7 Å². The molecule has 0 spiro atoms. The predicted molar refractivity (Wildman–Crippen MR) is 131 cm³/mol. The van der Waals surface area contributed by atoms with Crippen molar-refractivity contribution in [3.05, 3.63) is 60.1 Å². The molecule has 0 saturated heterocycles. The number of aromatic nitrogens is 5. The Labute approximate surface area is 198 Å². The molecule has 8 nitrogen and oxygen atoms in total. The van der Waals surface area contributed by atoms with Crippen molar-refractivity contribution < 1.29 is 9.53 Å². The van der Waals surface area contributed by atoms with E-state index in [4.69, 9.17) is 14.7 Å². The van der Waals surface area contributed by atoms with Crippen molar-refractivity contribution in [2.45, 2.75) is 40.2 Å². The lowest BCUT2D eigenvalue weighted by atomic mass is 9.85. The van der Waals surface area contributed by atoms with Gasteiger partial charge >= 0.3 is 5.97 Å². The van der Waals surface area contributed by atoms with Gasteiger partial charge in [-0.25, -0.2) is 19.7 Å². The van der Waals surface area contributed by atoms with Gasteiger partial charge in [-0.1, -0.05) is 33.8 Å². The van der Waals surface area contributed by atoms with Crippen LogP contribution in [0.5, 0.6) is 0 Å². The van der Waals surface area contributed by atoms with E-state index in [1.807, 2.05) is 30.7 Å². The number of carbonyl (C=O) groups excluding carboxylic acids is 1. The fourth-order valence-electron chi connectivity index (χ4n) is 4.58. The molecule has 174 valence electrons. The van der Waals surface area contributed by atoms with Crippen LogP contribution in [0.2, 0.25) is 0 Å². The summed E-state index contributed by atoms with van der Waals surface area (Å²) in [6.45, 7) is 9.66. The van der Waals surface area contributed by atoms with Gasteiger partial charge in [0.05, 0.1) is 42.3 Å². The third-order valence-electron chi connectivity index (χ3n) is 6.39. The molecule has 1 aliphatic rings. The Bertz CT molecular complexity index is 1410. The highest BCUT2D eigenvalue weighted by Gasteiger charge is 2.33. The van der Waals surface area contributed by atoms with Gasteiger partial charge in [0.25, 0.3) is 0 Å². The molecule has 1 unspecified atom stereocenters. The Morgan fingerprint density at radius 3 is 2.65 bits per heavy atom. The molecule has 0 saturated carbocycles. The van der Waals surface area contributed by atoms with E-state index in [9.17, 15) is 4.79 Å². The number of aliphatic imine (C=N–C) groups is 1. The van der Waals surface area contributed by atoms with E-state index >= 15 is 0 Å². The molecule has 5 rings (SSSR count). The fourth-order valence-corrected chi connectivity index (χ4v) is 4.58. The minimum absolute atomic E-state index is 0.0615. The van der Waals surface area contributed by atoms with Crippen molar-refractivity contribution in [2.24, 2.45) is 10.4 Å². The molecule has 4 aromatic rings.